The Bertz CT molecular complexity index is 1010. The van der Waals surface area contributed by atoms with Crippen LogP contribution in [0.2, 0.25) is 0 Å². The maximum Gasteiger partial charge on any atom is 0.232 e. The summed E-state index contributed by atoms with van der Waals surface area (Å²) in [4.78, 5) is 14.7. The molecular weight excluding hydrogens is 410 g/mol. The molecule has 0 saturated heterocycles. The summed E-state index contributed by atoms with van der Waals surface area (Å²) in [5, 5.41) is 2.98. The van der Waals surface area contributed by atoms with Crippen LogP contribution in [0.15, 0.2) is 48.5 Å². The summed E-state index contributed by atoms with van der Waals surface area (Å²) in [6.45, 7) is 5.95. The maximum absolute atomic E-state index is 12.2. The van der Waals surface area contributed by atoms with Gasteiger partial charge in [0.2, 0.25) is 15.9 Å². The van der Waals surface area contributed by atoms with Crippen LogP contribution in [0.4, 0.5) is 11.4 Å². The van der Waals surface area contributed by atoms with Crippen LogP contribution in [-0.2, 0) is 21.2 Å². The van der Waals surface area contributed by atoms with Crippen molar-refractivity contribution in [1.82, 2.24) is 5.32 Å². The molecule has 1 aliphatic rings. The van der Waals surface area contributed by atoms with Crippen LogP contribution in [0, 0.1) is 6.92 Å². The lowest BCUT2D eigenvalue weighted by Crippen LogP contribution is -2.34. The second kappa shape index (κ2) is 10.2. The van der Waals surface area contributed by atoms with E-state index < -0.39 is 10.0 Å². The van der Waals surface area contributed by atoms with Gasteiger partial charge in [-0.15, -0.1) is 0 Å². The van der Waals surface area contributed by atoms with Crippen LogP contribution < -0.4 is 14.5 Å². The first-order chi connectivity index (χ1) is 14.8. The normalized spacial score (nSPS) is 15.6. The van der Waals surface area contributed by atoms with Crippen molar-refractivity contribution in [1.29, 1.82) is 0 Å². The highest BCUT2D eigenvalue weighted by atomic mass is 32.2. The Balaban J connectivity index is 1.42. The number of nitrogens with one attached hydrogen (secondary N) is 1. The van der Waals surface area contributed by atoms with Crippen molar-refractivity contribution in [2.75, 3.05) is 35.1 Å². The van der Waals surface area contributed by atoms with Gasteiger partial charge in [-0.05, 0) is 56.4 Å². The first-order valence-corrected chi connectivity index (χ1v) is 12.8. The van der Waals surface area contributed by atoms with Gasteiger partial charge in [-0.1, -0.05) is 36.4 Å². The Morgan fingerprint density at radius 2 is 1.84 bits per heavy atom. The van der Waals surface area contributed by atoms with Gasteiger partial charge in [-0.2, -0.15) is 0 Å². The SMILES string of the molecule is Cc1ccccc1N(CCCC(=O)NCCCN1c2ccccc2CC1C)S(C)(=O)=O. The number of carbonyl (C=O) groups is 1. The van der Waals surface area contributed by atoms with Crippen molar-refractivity contribution in [3.8, 4) is 0 Å². The Morgan fingerprint density at radius 1 is 1.13 bits per heavy atom. The molecule has 0 aliphatic carbocycles. The molecule has 31 heavy (non-hydrogen) atoms. The highest BCUT2D eigenvalue weighted by molar-refractivity contribution is 7.92. The van der Waals surface area contributed by atoms with E-state index in [1.165, 1.54) is 21.8 Å². The van der Waals surface area contributed by atoms with Crippen molar-refractivity contribution >= 4 is 27.3 Å². The number of carbonyl (C=O) groups excluding carboxylic acids is 1. The van der Waals surface area contributed by atoms with E-state index in [0.29, 0.717) is 37.7 Å². The summed E-state index contributed by atoms with van der Waals surface area (Å²) in [6.07, 6.45) is 3.94. The fourth-order valence-electron chi connectivity index (χ4n) is 4.23. The summed E-state index contributed by atoms with van der Waals surface area (Å²) in [5.41, 5.74) is 4.27. The average molecular weight is 444 g/mol. The molecule has 1 unspecified atom stereocenters. The molecule has 2 aromatic carbocycles. The molecule has 168 valence electrons. The van der Waals surface area contributed by atoms with Crippen molar-refractivity contribution in [2.24, 2.45) is 0 Å². The molecular formula is C24H33N3O3S. The maximum atomic E-state index is 12.2. The minimum absolute atomic E-state index is 0.0342. The average Bonchev–Trinajstić information content (AvgIpc) is 3.03. The molecule has 1 N–H and O–H groups in total. The van der Waals surface area contributed by atoms with Gasteiger partial charge in [0.15, 0.2) is 0 Å². The van der Waals surface area contributed by atoms with Crippen molar-refractivity contribution in [3.05, 3.63) is 59.7 Å². The topological polar surface area (TPSA) is 69.7 Å². The van der Waals surface area contributed by atoms with Gasteiger partial charge in [0.1, 0.15) is 0 Å². The lowest BCUT2D eigenvalue weighted by Gasteiger charge is -2.25. The number of amides is 1. The molecule has 0 fully saturated rings. The molecule has 1 amide bonds. The highest BCUT2D eigenvalue weighted by Gasteiger charge is 2.24. The van der Waals surface area contributed by atoms with E-state index in [9.17, 15) is 13.2 Å². The summed E-state index contributed by atoms with van der Waals surface area (Å²) in [5.74, 6) is -0.0342. The molecule has 2 aromatic rings. The number of anilines is 2. The van der Waals surface area contributed by atoms with Crippen LogP contribution in [-0.4, -0.2) is 46.3 Å². The highest BCUT2D eigenvalue weighted by Crippen LogP contribution is 2.31. The Kier molecular flexibility index (Phi) is 7.59. The third-order valence-corrected chi connectivity index (χ3v) is 6.98. The third-order valence-electron chi connectivity index (χ3n) is 5.80. The van der Waals surface area contributed by atoms with Gasteiger partial charge >= 0.3 is 0 Å². The standard InChI is InChI=1S/C24H33N3O3S/c1-19-10-4-6-12-22(19)27(31(3,29)30)17-8-14-24(28)25-15-9-16-26-20(2)18-21-11-5-7-13-23(21)26/h4-7,10-13,20H,8-9,14-18H2,1-3H3,(H,25,28). The number of fused-ring (bicyclic) bond motifs is 1. The zero-order valence-corrected chi connectivity index (χ0v) is 19.5. The summed E-state index contributed by atoms with van der Waals surface area (Å²) < 4.78 is 25.9. The largest absolute Gasteiger partial charge is 0.368 e. The van der Waals surface area contributed by atoms with Gasteiger partial charge in [0.05, 0.1) is 11.9 Å². The smallest absolute Gasteiger partial charge is 0.232 e. The van der Waals surface area contributed by atoms with Gasteiger partial charge in [-0.25, -0.2) is 8.42 Å². The molecule has 1 aliphatic heterocycles. The zero-order valence-electron chi connectivity index (χ0n) is 18.7. The van der Waals surface area contributed by atoms with Crippen LogP contribution >= 0.6 is 0 Å². The number of sulfonamides is 1. The van der Waals surface area contributed by atoms with E-state index in [0.717, 1.165) is 24.9 Å². The molecule has 0 aromatic heterocycles. The van der Waals surface area contributed by atoms with E-state index in [2.05, 4.69) is 41.4 Å². The molecule has 0 spiro atoms. The van der Waals surface area contributed by atoms with Gasteiger partial charge < -0.3 is 10.2 Å². The number of nitrogens with zero attached hydrogens (tertiary/aromatic N) is 2. The van der Waals surface area contributed by atoms with E-state index >= 15 is 0 Å². The van der Waals surface area contributed by atoms with Crippen LogP contribution in [0.1, 0.15) is 37.3 Å². The van der Waals surface area contributed by atoms with Crippen molar-refractivity contribution < 1.29 is 13.2 Å². The zero-order chi connectivity index (χ0) is 22.4. The molecule has 6 nitrogen and oxygen atoms in total. The summed E-state index contributed by atoms with van der Waals surface area (Å²) in [7, 11) is -3.40. The van der Waals surface area contributed by atoms with Crippen LogP contribution in [0.3, 0.4) is 0 Å². The molecule has 7 heteroatoms. The van der Waals surface area contributed by atoms with Gasteiger partial charge in [0.25, 0.3) is 0 Å². The Labute approximate surface area is 186 Å². The predicted molar refractivity (Wildman–Crippen MR) is 127 cm³/mol. The quantitative estimate of drug-likeness (QED) is 0.571. The molecule has 3 rings (SSSR count). The minimum Gasteiger partial charge on any atom is -0.368 e. The number of hydrogen-bond acceptors (Lipinski definition) is 4. The third kappa shape index (κ3) is 6.00. The molecule has 0 bridgehead atoms. The number of hydrogen-bond donors (Lipinski definition) is 1. The monoisotopic (exact) mass is 443 g/mol. The molecule has 1 atom stereocenters. The van der Waals surface area contributed by atoms with E-state index in [-0.39, 0.29) is 5.91 Å². The fraction of sp³-hybridized carbons (Fsp3) is 0.458. The van der Waals surface area contributed by atoms with Crippen molar-refractivity contribution in [3.63, 3.8) is 0 Å². The van der Waals surface area contributed by atoms with Gasteiger partial charge in [0, 0.05) is 37.8 Å². The van der Waals surface area contributed by atoms with Gasteiger partial charge in [-0.3, -0.25) is 9.10 Å². The lowest BCUT2D eigenvalue weighted by atomic mass is 10.1. The number of para-hydroxylation sites is 2. The number of rotatable bonds is 10. The van der Waals surface area contributed by atoms with Crippen LogP contribution in [0.25, 0.3) is 0 Å². The van der Waals surface area contributed by atoms with Crippen LogP contribution in [0.5, 0.6) is 0 Å². The van der Waals surface area contributed by atoms with Crippen molar-refractivity contribution in [2.45, 2.75) is 45.6 Å². The van der Waals surface area contributed by atoms with E-state index in [1.807, 2.05) is 25.1 Å². The predicted octanol–water partition coefficient (Wildman–Crippen LogP) is 3.50. The minimum atomic E-state index is -3.40. The number of benzene rings is 2. The first kappa shape index (κ1) is 23.1. The molecule has 0 radical (unpaired) electrons. The summed E-state index contributed by atoms with van der Waals surface area (Å²) in [6, 6.07) is 16.4. The Morgan fingerprint density at radius 3 is 2.58 bits per heavy atom. The number of aryl methyl sites for hydroxylation is 1. The Hall–Kier alpha value is -2.54. The summed E-state index contributed by atoms with van der Waals surface area (Å²) >= 11 is 0. The second-order valence-electron chi connectivity index (χ2n) is 8.30. The fourth-order valence-corrected chi connectivity index (χ4v) is 5.25. The van der Waals surface area contributed by atoms with E-state index in [4.69, 9.17) is 0 Å². The molecule has 0 saturated carbocycles. The first-order valence-electron chi connectivity index (χ1n) is 10.9. The molecule has 1 heterocycles. The lowest BCUT2D eigenvalue weighted by molar-refractivity contribution is -0.121. The second-order valence-corrected chi connectivity index (χ2v) is 10.2. The van der Waals surface area contributed by atoms with E-state index in [1.54, 1.807) is 6.07 Å².